The highest BCUT2D eigenvalue weighted by Crippen LogP contribution is 2.21. The minimum atomic E-state index is -0.668. The molecule has 1 aromatic carbocycles. The number of fused-ring (bicyclic) bond motifs is 2. The number of carbonyl (C=O) groups is 1. The fraction of sp³-hybridized carbons (Fsp3) is 0.138. The van der Waals surface area contributed by atoms with E-state index < -0.39 is 11.9 Å². The van der Waals surface area contributed by atoms with Crippen molar-refractivity contribution in [2.24, 2.45) is 0 Å². The number of imidazole rings is 1. The van der Waals surface area contributed by atoms with E-state index in [1.807, 2.05) is 6.07 Å². The molecule has 0 radical (unpaired) electrons. The highest BCUT2D eigenvalue weighted by molar-refractivity contribution is 14.1. The Morgan fingerprint density at radius 2 is 2.02 bits per heavy atom. The summed E-state index contributed by atoms with van der Waals surface area (Å²) in [5.41, 5.74) is 8.95. The minimum Gasteiger partial charge on any atom is -0.381 e. The molecule has 0 saturated heterocycles. The van der Waals surface area contributed by atoms with Crippen LogP contribution in [0.2, 0.25) is 0 Å². The number of pyridine rings is 1. The van der Waals surface area contributed by atoms with Gasteiger partial charge in [-0.25, -0.2) is 19.5 Å². The molecule has 12 nitrogen and oxygen atoms in total. The van der Waals surface area contributed by atoms with E-state index in [0.29, 0.717) is 40.9 Å². The number of carbonyl (C=O) groups excluding carboxylic acids is 1. The Morgan fingerprint density at radius 1 is 1.14 bits per heavy atom. The van der Waals surface area contributed by atoms with E-state index in [1.54, 1.807) is 72.9 Å². The maximum absolute atomic E-state index is 14.1. The second kappa shape index (κ2) is 11.4. The molecule has 42 heavy (non-hydrogen) atoms. The van der Waals surface area contributed by atoms with Crippen molar-refractivity contribution in [2.75, 3.05) is 5.73 Å². The van der Waals surface area contributed by atoms with E-state index in [9.17, 15) is 9.59 Å². The number of aromatic amines is 1. The molecule has 0 aliphatic heterocycles. The quantitative estimate of drug-likeness (QED) is 0.139. The Morgan fingerprint density at radius 3 is 2.81 bits per heavy atom. The number of anilines is 1. The van der Waals surface area contributed by atoms with Crippen molar-refractivity contribution < 1.29 is 4.79 Å². The highest BCUT2D eigenvalue weighted by atomic mass is 127. The van der Waals surface area contributed by atoms with E-state index >= 15 is 0 Å². The largest absolute Gasteiger partial charge is 0.381 e. The Labute approximate surface area is 252 Å². The first-order chi connectivity index (χ1) is 20.4. The van der Waals surface area contributed by atoms with Crippen LogP contribution in [0.4, 0.5) is 5.82 Å². The van der Waals surface area contributed by atoms with Crippen LogP contribution in [-0.4, -0.2) is 45.0 Å². The van der Waals surface area contributed by atoms with Gasteiger partial charge >= 0.3 is 0 Å². The van der Waals surface area contributed by atoms with Crippen molar-refractivity contribution in [3.05, 3.63) is 110 Å². The molecule has 0 fully saturated rings. The molecule has 0 aliphatic rings. The molecule has 13 heteroatoms. The van der Waals surface area contributed by atoms with Crippen LogP contribution < -0.4 is 16.6 Å². The van der Waals surface area contributed by atoms with Crippen LogP contribution in [0.3, 0.4) is 0 Å². The van der Waals surface area contributed by atoms with E-state index in [4.69, 9.17) is 10.7 Å². The maximum Gasteiger partial charge on any atom is 0.262 e. The fourth-order valence-electron chi connectivity index (χ4n) is 4.65. The first kappa shape index (κ1) is 27.1. The van der Waals surface area contributed by atoms with Gasteiger partial charge in [0.25, 0.3) is 11.5 Å². The summed E-state index contributed by atoms with van der Waals surface area (Å²) < 4.78 is 3.84. The van der Waals surface area contributed by atoms with Crippen LogP contribution in [0, 0.1) is 15.5 Å². The van der Waals surface area contributed by atoms with Gasteiger partial charge in [-0.05, 0) is 59.8 Å². The standard InChI is InChI=1S/C29H23IN10O2/c1-17(36-28(41)24-25(31)38-40-22(30)9-12-34-27(24)40)26-37-21-6-2-5-19(8-7-18-4-3-11-32-14-18)23(21)29(42)39(26)13-10-20-15-33-16-35-20/h2-6,9,11-12,14-17H,10,13H2,1H3,(H2,31,38)(H,33,35)(H,36,41). The molecule has 5 heterocycles. The fourth-order valence-corrected chi connectivity index (χ4v) is 5.14. The lowest BCUT2D eigenvalue weighted by molar-refractivity contribution is 0.0939. The topological polar surface area (TPSA) is 162 Å². The van der Waals surface area contributed by atoms with E-state index in [-0.39, 0.29) is 16.9 Å². The van der Waals surface area contributed by atoms with Gasteiger partial charge in [0.1, 0.15) is 15.1 Å². The Balaban J connectivity index is 1.42. The highest BCUT2D eigenvalue weighted by Gasteiger charge is 2.25. The average molecular weight is 670 g/mol. The average Bonchev–Trinajstić information content (AvgIpc) is 3.63. The third-order valence-corrected chi connectivity index (χ3v) is 7.45. The summed E-state index contributed by atoms with van der Waals surface area (Å²) in [6.07, 6.45) is 8.71. The van der Waals surface area contributed by atoms with E-state index in [2.05, 4.69) is 64.8 Å². The molecule has 0 spiro atoms. The Kier molecular flexibility index (Phi) is 7.36. The number of halogens is 1. The van der Waals surface area contributed by atoms with E-state index in [1.165, 1.54) is 4.52 Å². The molecule has 4 N–H and O–H groups in total. The number of nitrogens with one attached hydrogen (secondary N) is 2. The van der Waals surface area contributed by atoms with Crippen molar-refractivity contribution in [3.63, 3.8) is 0 Å². The molecule has 1 amide bonds. The zero-order valence-electron chi connectivity index (χ0n) is 22.2. The molecule has 6 aromatic rings. The predicted molar refractivity (Wildman–Crippen MR) is 165 cm³/mol. The van der Waals surface area contributed by atoms with Crippen molar-refractivity contribution in [1.82, 2.24) is 44.4 Å². The summed E-state index contributed by atoms with van der Waals surface area (Å²) in [7, 11) is 0. The molecule has 1 atom stereocenters. The molecule has 208 valence electrons. The Bertz CT molecular complexity index is 2060. The molecule has 0 bridgehead atoms. The monoisotopic (exact) mass is 670 g/mol. The number of H-pyrrole nitrogens is 1. The maximum atomic E-state index is 14.1. The van der Waals surface area contributed by atoms with Crippen LogP contribution >= 0.6 is 22.6 Å². The van der Waals surface area contributed by atoms with Crippen molar-refractivity contribution in [2.45, 2.75) is 25.9 Å². The number of hydrogen-bond acceptors (Lipinski definition) is 8. The first-order valence-corrected chi connectivity index (χ1v) is 14.0. The van der Waals surface area contributed by atoms with Crippen LogP contribution in [0.15, 0.2) is 72.3 Å². The molecular formula is C29H23IN10O2. The second-order valence-electron chi connectivity index (χ2n) is 9.40. The number of benzene rings is 1. The number of aryl methyl sites for hydroxylation is 1. The van der Waals surface area contributed by atoms with E-state index in [0.717, 1.165) is 15.0 Å². The zero-order valence-corrected chi connectivity index (χ0v) is 24.4. The number of amides is 1. The van der Waals surface area contributed by atoms with Gasteiger partial charge in [0.05, 0.1) is 23.3 Å². The van der Waals surface area contributed by atoms with Crippen molar-refractivity contribution >= 4 is 50.9 Å². The summed E-state index contributed by atoms with van der Waals surface area (Å²) in [5, 5.41) is 7.60. The molecular weight excluding hydrogens is 647 g/mol. The van der Waals surface area contributed by atoms with Crippen LogP contribution in [0.1, 0.15) is 46.0 Å². The number of nitrogens with two attached hydrogens (primary N) is 1. The van der Waals surface area contributed by atoms with Gasteiger partial charge < -0.3 is 16.0 Å². The lowest BCUT2D eigenvalue weighted by atomic mass is 10.1. The summed E-state index contributed by atoms with van der Waals surface area (Å²) >= 11 is 2.09. The van der Waals surface area contributed by atoms with Crippen LogP contribution in [-0.2, 0) is 13.0 Å². The number of aromatic nitrogens is 8. The summed E-state index contributed by atoms with van der Waals surface area (Å²) in [6.45, 7) is 2.06. The molecule has 1 unspecified atom stereocenters. The number of hydrogen-bond donors (Lipinski definition) is 3. The van der Waals surface area contributed by atoms with Gasteiger partial charge in [0, 0.05) is 54.6 Å². The summed E-state index contributed by atoms with van der Waals surface area (Å²) in [5.74, 6) is 6.14. The van der Waals surface area contributed by atoms with Gasteiger partial charge in [-0.1, -0.05) is 17.9 Å². The number of rotatable bonds is 6. The third kappa shape index (κ3) is 5.19. The predicted octanol–water partition coefficient (Wildman–Crippen LogP) is 2.88. The van der Waals surface area contributed by atoms with Crippen molar-refractivity contribution in [3.8, 4) is 11.8 Å². The molecule has 0 saturated carbocycles. The summed E-state index contributed by atoms with van der Waals surface area (Å²) in [6, 6.07) is 10.1. The lowest BCUT2D eigenvalue weighted by Crippen LogP contribution is -2.34. The molecule has 5 aromatic heterocycles. The SMILES string of the molecule is CC(NC(=O)c1c(N)nn2c(I)ccnc12)c1nc2cccc(C#Cc3cccnc3)c2c(=O)n1CCc1cnc[nH]1. The summed E-state index contributed by atoms with van der Waals surface area (Å²) in [4.78, 5) is 48.0. The lowest BCUT2D eigenvalue weighted by Gasteiger charge is -2.20. The second-order valence-corrected chi connectivity index (χ2v) is 10.5. The zero-order chi connectivity index (χ0) is 29.2. The van der Waals surface area contributed by atoms with Crippen LogP contribution in [0.5, 0.6) is 0 Å². The number of nitrogens with zero attached hydrogens (tertiary/aromatic N) is 7. The first-order valence-electron chi connectivity index (χ1n) is 12.9. The van der Waals surface area contributed by atoms with Gasteiger partial charge in [-0.15, -0.1) is 5.10 Å². The Hall–Kier alpha value is -5.10. The van der Waals surface area contributed by atoms with Crippen molar-refractivity contribution in [1.29, 1.82) is 0 Å². The molecule has 0 aliphatic carbocycles. The number of nitrogen functional groups attached to an aromatic ring is 1. The van der Waals surface area contributed by atoms with Gasteiger partial charge in [-0.3, -0.25) is 19.1 Å². The normalized spacial score (nSPS) is 11.8. The minimum absolute atomic E-state index is 0.0521. The molecule has 6 rings (SSSR count). The van der Waals surface area contributed by atoms with Crippen LogP contribution in [0.25, 0.3) is 16.6 Å². The van der Waals surface area contributed by atoms with Gasteiger partial charge in [0.15, 0.2) is 11.5 Å². The van der Waals surface area contributed by atoms with Gasteiger partial charge in [0.2, 0.25) is 0 Å². The third-order valence-electron chi connectivity index (χ3n) is 6.64. The smallest absolute Gasteiger partial charge is 0.262 e. The van der Waals surface area contributed by atoms with Gasteiger partial charge in [-0.2, -0.15) is 0 Å².